The van der Waals surface area contributed by atoms with Gasteiger partial charge >= 0.3 is 5.97 Å². The summed E-state index contributed by atoms with van der Waals surface area (Å²) in [6, 6.07) is 4.23. The summed E-state index contributed by atoms with van der Waals surface area (Å²) in [6.07, 6.45) is 2.96. The van der Waals surface area contributed by atoms with E-state index >= 15 is 0 Å². The Morgan fingerprint density at radius 2 is 1.65 bits per heavy atom. The molecule has 1 aliphatic rings. The molecule has 2 heterocycles. The van der Waals surface area contributed by atoms with E-state index in [0.29, 0.717) is 18.8 Å². The number of carbonyl (C=O) groups excluding carboxylic acids is 1. The van der Waals surface area contributed by atoms with Crippen molar-refractivity contribution in [3.8, 4) is 0 Å². The van der Waals surface area contributed by atoms with Gasteiger partial charge in [0.1, 0.15) is 5.56 Å². The lowest BCUT2D eigenvalue weighted by molar-refractivity contribution is 0.0686. The van der Waals surface area contributed by atoms with Crippen molar-refractivity contribution in [1.82, 2.24) is 14.7 Å². The van der Waals surface area contributed by atoms with Gasteiger partial charge in [0, 0.05) is 18.7 Å². The second-order valence-corrected chi connectivity index (χ2v) is 7.19. The van der Waals surface area contributed by atoms with Crippen molar-refractivity contribution in [3.05, 3.63) is 51.8 Å². The third-order valence-electron chi connectivity index (χ3n) is 5.26. The highest BCUT2D eigenvalue weighted by molar-refractivity contribution is 5.97. The summed E-state index contributed by atoms with van der Waals surface area (Å²) in [7, 11) is 0. The zero-order valence-electron chi connectivity index (χ0n) is 15.7. The van der Waals surface area contributed by atoms with Crippen molar-refractivity contribution in [2.24, 2.45) is 0 Å². The molecule has 6 nitrogen and oxygen atoms in total. The average molecular weight is 355 g/mol. The molecule has 1 aromatic heterocycles. The van der Waals surface area contributed by atoms with Crippen molar-refractivity contribution in [3.63, 3.8) is 0 Å². The van der Waals surface area contributed by atoms with E-state index in [4.69, 9.17) is 0 Å². The molecule has 0 atom stereocenters. The lowest BCUT2D eigenvalue weighted by Crippen LogP contribution is -2.40. The van der Waals surface area contributed by atoms with E-state index in [1.165, 1.54) is 11.8 Å². The lowest BCUT2D eigenvalue weighted by atomic mass is 9.97. The van der Waals surface area contributed by atoms with E-state index < -0.39 is 5.97 Å². The van der Waals surface area contributed by atoms with E-state index in [-0.39, 0.29) is 17.5 Å². The van der Waals surface area contributed by atoms with Crippen molar-refractivity contribution in [2.75, 3.05) is 13.1 Å². The normalized spacial score (nSPS) is 15.3. The Kier molecular flexibility index (Phi) is 4.85. The fourth-order valence-corrected chi connectivity index (χ4v) is 3.99. The van der Waals surface area contributed by atoms with Gasteiger partial charge in [-0.2, -0.15) is 5.10 Å². The van der Waals surface area contributed by atoms with Crippen LogP contribution in [-0.4, -0.2) is 44.8 Å². The van der Waals surface area contributed by atoms with Crippen LogP contribution in [0.1, 0.15) is 62.0 Å². The Balaban J connectivity index is 1.73. The summed E-state index contributed by atoms with van der Waals surface area (Å²) < 4.78 is 1.80. The molecular formula is C20H25N3O3. The van der Waals surface area contributed by atoms with E-state index in [1.54, 1.807) is 11.6 Å². The largest absolute Gasteiger partial charge is 0.478 e. The van der Waals surface area contributed by atoms with Crippen molar-refractivity contribution < 1.29 is 14.7 Å². The summed E-state index contributed by atoms with van der Waals surface area (Å²) in [5, 5.41) is 13.4. The first-order valence-corrected chi connectivity index (χ1v) is 8.94. The number of nitrogens with zero attached hydrogens (tertiary/aromatic N) is 3. The topological polar surface area (TPSA) is 75.4 Å². The van der Waals surface area contributed by atoms with Gasteiger partial charge in [-0.3, -0.25) is 9.48 Å². The second-order valence-electron chi connectivity index (χ2n) is 7.19. The molecule has 1 N–H and O–H groups in total. The Labute approximate surface area is 153 Å². The summed E-state index contributed by atoms with van der Waals surface area (Å²) in [6.45, 7) is 9.10. The molecule has 1 aromatic carbocycles. The third-order valence-corrected chi connectivity index (χ3v) is 5.26. The monoisotopic (exact) mass is 355 g/mol. The first-order chi connectivity index (χ1) is 12.3. The highest BCUT2D eigenvalue weighted by Crippen LogP contribution is 2.27. The molecular weight excluding hydrogens is 330 g/mol. The maximum absolute atomic E-state index is 13.0. The molecule has 6 heteroatoms. The van der Waals surface area contributed by atoms with Gasteiger partial charge in [0.25, 0.3) is 5.91 Å². The number of likely N-dealkylation sites (tertiary alicyclic amines) is 1. The molecule has 1 fully saturated rings. The average Bonchev–Trinajstić information content (AvgIpc) is 2.95. The Hall–Kier alpha value is -2.63. The fraction of sp³-hybridized carbons (Fsp3) is 0.450. The molecule has 1 amide bonds. The summed E-state index contributed by atoms with van der Waals surface area (Å²) in [4.78, 5) is 26.1. The Morgan fingerprint density at radius 3 is 2.15 bits per heavy atom. The number of amides is 1. The van der Waals surface area contributed by atoms with Gasteiger partial charge in [-0.05, 0) is 51.7 Å². The van der Waals surface area contributed by atoms with Gasteiger partial charge in [-0.1, -0.05) is 17.7 Å². The minimum absolute atomic E-state index is 0.0851. The first kappa shape index (κ1) is 18.2. The number of aromatic carboxylic acids is 1. The minimum Gasteiger partial charge on any atom is -0.478 e. The van der Waals surface area contributed by atoms with Gasteiger partial charge in [-0.25, -0.2) is 4.79 Å². The van der Waals surface area contributed by atoms with Crippen LogP contribution in [0, 0.1) is 27.7 Å². The van der Waals surface area contributed by atoms with Gasteiger partial charge in [0.05, 0.1) is 17.9 Å². The predicted molar refractivity (Wildman–Crippen MR) is 98.8 cm³/mol. The predicted octanol–water partition coefficient (Wildman–Crippen LogP) is 3.29. The molecule has 138 valence electrons. The number of hydrogen-bond donors (Lipinski definition) is 1. The number of carbonyl (C=O) groups is 2. The Bertz CT molecular complexity index is 838. The number of carboxylic acid groups (broad SMARTS) is 1. The number of aromatic nitrogens is 2. The molecule has 0 spiro atoms. The van der Waals surface area contributed by atoms with Crippen LogP contribution in [0.2, 0.25) is 0 Å². The number of rotatable bonds is 3. The summed E-state index contributed by atoms with van der Waals surface area (Å²) in [5.74, 6) is -0.867. The highest BCUT2D eigenvalue weighted by Gasteiger charge is 2.28. The number of carboxylic acids is 1. The number of benzene rings is 1. The lowest BCUT2D eigenvalue weighted by Gasteiger charge is -2.33. The van der Waals surface area contributed by atoms with Crippen LogP contribution >= 0.6 is 0 Å². The summed E-state index contributed by atoms with van der Waals surface area (Å²) in [5.41, 5.74) is 4.92. The quantitative estimate of drug-likeness (QED) is 0.917. The van der Waals surface area contributed by atoms with Crippen LogP contribution in [0.15, 0.2) is 18.3 Å². The van der Waals surface area contributed by atoms with Crippen LogP contribution < -0.4 is 0 Å². The van der Waals surface area contributed by atoms with E-state index in [2.05, 4.69) is 5.10 Å². The van der Waals surface area contributed by atoms with Crippen molar-refractivity contribution in [2.45, 2.75) is 46.6 Å². The van der Waals surface area contributed by atoms with Crippen LogP contribution in [0.25, 0.3) is 0 Å². The molecule has 0 bridgehead atoms. The second kappa shape index (κ2) is 6.94. The third kappa shape index (κ3) is 3.23. The van der Waals surface area contributed by atoms with E-state index in [9.17, 15) is 14.7 Å². The minimum atomic E-state index is -0.952. The zero-order chi connectivity index (χ0) is 19.0. The Morgan fingerprint density at radius 1 is 1.08 bits per heavy atom. The molecule has 0 unspecified atom stereocenters. The van der Waals surface area contributed by atoms with Gasteiger partial charge in [-0.15, -0.1) is 0 Å². The molecule has 1 saturated heterocycles. The molecule has 0 aliphatic carbocycles. The maximum Gasteiger partial charge on any atom is 0.339 e. The highest BCUT2D eigenvalue weighted by atomic mass is 16.4. The standard InChI is InChI=1S/C20H25N3O3/c1-12-9-13(2)18(14(3)10-12)19(24)22-7-5-16(6-8-22)23-15(4)17(11-21-23)20(25)26/h9-11,16H,5-8H2,1-4H3,(H,25,26). The molecule has 0 saturated carbocycles. The van der Waals surface area contributed by atoms with E-state index in [1.807, 2.05) is 37.8 Å². The van der Waals surface area contributed by atoms with E-state index in [0.717, 1.165) is 29.5 Å². The zero-order valence-corrected chi connectivity index (χ0v) is 15.7. The van der Waals surface area contributed by atoms with Crippen LogP contribution in [0.4, 0.5) is 0 Å². The molecule has 26 heavy (non-hydrogen) atoms. The number of hydrogen-bond acceptors (Lipinski definition) is 3. The maximum atomic E-state index is 13.0. The van der Waals surface area contributed by atoms with Crippen LogP contribution in [-0.2, 0) is 0 Å². The SMILES string of the molecule is Cc1cc(C)c(C(=O)N2CCC(n3ncc(C(=O)O)c3C)CC2)c(C)c1. The molecule has 2 aromatic rings. The van der Waals surface area contributed by atoms with Crippen molar-refractivity contribution in [1.29, 1.82) is 0 Å². The van der Waals surface area contributed by atoms with Crippen molar-refractivity contribution >= 4 is 11.9 Å². The van der Waals surface area contributed by atoms with Gasteiger partial charge < -0.3 is 10.0 Å². The number of aryl methyl sites for hydroxylation is 3. The fourth-order valence-electron chi connectivity index (χ4n) is 3.99. The molecule has 3 rings (SSSR count). The summed E-state index contributed by atoms with van der Waals surface area (Å²) >= 11 is 0. The molecule has 1 aliphatic heterocycles. The van der Waals surface area contributed by atoms with Gasteiger partial charge in [0.15, 0.2) is 0 Å². The molecule has 0 radical (unpaired) electrons. The first-order valence-electron chi connectivity index (χ1n) is 8.94. The van der Waals surface area contributed by atoms with Gasteiger partial charge in [0.2, 0.25) is 0 Å². The van der Waals surface area contributed by atoms with Crippen LogP contribution in [0.5, 0.6) is 0 Å². The smallest absolute Gasteiger partial charge is 0.339 e. The number of piperidine rings is 1. The van der Waals surface area contributed by atoms with Crippen LogP contribution in [0.3, 0.4) is 0 Å².